The Morgan fingerprint density at radius 1 is 1.24 bits per heavy atom. The molecule has 2 aromatic rings. The summed E-state index contributed by atoms with van der Waals surface area (Å²) in [5, 5.41) is 3.28. The van der Waals surface area contributed by atoms with E-state index in [2.05, 4.69) is 46.1 Å². The third-order valence-electron chi connectivity index (χ3n) is 2.97. The molecule has 5 heteroatoms. The van der Waals surface area contributed by atoms with Crippen LogP contribution in [0.4, 0.5) is 4.39 Å². The van der Waals surface area contributed by atoms with Crippen molar-refractivity contribution in [3.05, 3.63) is 51.9 Å². The fourth-order valence-corrected chi connectivity index (χ4v) is 2.24. The molecule has 112 valence electrons. The normalized spacial score (nSPS) is 10.7. The van der Waals surface area contributed by atoms with E-state index in [1.165, 1.54) is 6.07 Å². The Morgan fingerprint density at radius 3 is 2.71 bits per heavy atom. The van der Waals surface area contributed by atoms with Gasteiger partial charge in [0.15, 0.2) is 0 Å². The molecule has 0 aliphatic rings. The van der Waals surface area contributed by atoms with Crippen LogP contribution in [0.5, 0.6) is 11.6 Å². The maximum Gasteiger partial charge on any atom is 0.219 e. The lowest BCUT2D eigenvalue weighted by atomic mass is 10.2. The summed E-state index contributed by atoms with van der Waals surface area (Å²) < 4.78 is 19.3. The number of benzene rings is 1. The fourth-order valence-electron chi connectivity index (χ4n) is 1.89. The number of aryl methyl sites for hydroxylation is 1. The van der Waals surface area contributed by atoms with Gasteiger partial charge in [-0.2, -0.15) is 0 Å². The van der Waals surface area contributed by atoms with Gasteiger partial charge in [0.1, 0.15) is 11.6 Å². The molecule has 3 nitrogen and oxygen atoms in total. The van der Waals surface area contributed by atoms with Gasteiger partial charge >= 0.3 is 0 Å². The SMILES string of the molecule is CCNCc1cc(CC)nc(Oc2ccc(F)c(Br)c2)c1. The molecule has 0 spiro atoms. The van der Waals surface area contributed by atoms with Crippen molar-refractivity contribution in [2.24, 2.45) is 0 Å². The van der Waals surface area contributed by atoms with Crippen LogP contribution in [0.15, 0.2) is 34.8 Å². The number of ether oxygens (including phenoxy) is 1. The average molecular weight is 353 g/mol. The molecule has 0 aliphatic heterocycles. The summed E-state index contributed by atoms with van der Waals surface area (Å²) in [4.78, 5) is 4.45. The van der Waals surface area contributed by atoms with E-state index in [0.717, 1.165) is 30.8 Å². The monoisotopic (exact) mass is 352 g/mol. The first-order chi connectivity index (χ1) is 10.1. The second kappa shape index (κ2) is 7.52. The highest BCUT2D eigenvalue weighted by Gasteiger charge is 2.06. The van der Waals surface area contributed by atoms with Crippen LogP contribution in [0, 0.1) is 5.82 Å². The Morgan fingerprint density at radius 2 is 2.05 bits per heavy atom. The third-order valence-corrected chi connectivity index (χ3v) is 3.58. The highest BCUT2D eigenvalue weighted by Crippen LogP contribution is 2.26. The number of hydrogen-bond donors (Lipinski definition) is 1. The van der Waals surface area contributed by atoms with Gasteiger partial charge in [0.25, 0.3) is 0 Å². The van der Waals surface area contributed by atoms with Gasteiger partial charge in [-0.3, -0.25) is 0 Å². The van der Waals surface area contributed by atoms with Crippen molar-refractivity contribution < 1.29 is 9.13 Å². The summed E-state index contributed by atoms with van der Waals surface area (Å²) in [7, 11) is 0. The maximum atomic E-state index is 13.2. The van der Waals surface area contributed by atoms with Crippen molar-refractivity contribution in [2.75, 3.05) is 6.54 Å². The number of aromatic nitrogens is 1. The lowest BCUT2D eigenvalue weighted by Crippen LogP contribution is -2.12. The maximum absolute atomic E-state index is 13.2. The molecule has 0 amide bonds. The topological polar surface area (TPSA) is 34.2 Å². The van der Waals surface area contributed by atoms with Crippen LogP contribution >= 0.6 is 15.9 Å². The van der Waals surface area contributed by atoms with Gasteiger partial charge in [-0.15, -0.1) is 0 Å². The molecular weight excluding hydrogens is 335 g/mol. The minimum atomic E-state index is -0.314. The van der Waals surface area contributed by atoms with Gasteiger partial charge in [0.05, 0.1) is 4.47 Å². The Kier molecular flexibility index (Phi) is 5.70. The summed E-state index contributed by atoms with van der Waals surface area (Å²) in [6.07, 6.45) is 0.837. The molecular formula is C16H18BrFN2O. The van der Waals surface area contributed by atoms with Crippen LogP contribution in [-0.2, 0) is 13.0 Å². The van der Waals surface area contributed by atoms with Gasteiger partial charge in [-0.25, -0.2) is 9.37 Å². The van der Waals surface area contributed by atoms with Crippen LogP contribution < -0.4 is 10.1 Å². The number of nitrogens with one attached hydrogen (secondary N) is 1. The summed E-state index contributed by atoms with van der Waals surface area (Å²) in [6, 6.07) is 8.52. The molecule has 1 aromatic carbocycles. The van der Waals surface area contributed by atoms with Gasteiger partial charge in [-0.1, -0.05) is 13.8 Å². The van der Waals surface area contributed by atoms with Crippen molar-refractivity contribution >= 4 is 15.9 Å². The molecule has 1 N–H and O–H groups in total. The molecule has 1 heterocycles. The minimum absolute atomic E-state index is 0.314. The van der Waals surface area contributed by atoms with Crippen molar-refractivity contribution in [3.8, 4) is 11.6 Å². The smallest absolute Gasteiger partial charge is 0.219 e. The van der Waals surface area contributed by atoms with Crippen molar-refractivity contribution in [3.63, 3.8) is 0 Å². The number of rotatable bonds is 6. The molecule has 0 saturated heterocycles. The van der Waals surface area contributed by atoms with Crippen molar-refractivity contribution in [1.29, 1.82) is 0 Å². The average Bonchev–Trinajstić information content (AvgIpc) is 2.48. The van der Waals surface area contributed by atoms with Crippen LogP contribution in [0.1, 0.15) is 25.1 Å². The second-order valence-electron chi connectivity index (χ2n) is 4.62. The van der Waals surface area contributed by atoms with Gasteiger partial charge in [0.2, 0.25) is 5.88 Å². The minimum Gasteiger partial charge on any atom is -0.439 e. The molecule has 1 aromatic heterocycles. The standard InChI is InChI=1S/C16H18BrFN2O/c1-3-12-7-11(10-19-4-2)8-16(20-12)21-13-5-6-15(18)14(17)9-13/h5-9,19H,3-4,10H2,1-2H3. The molecule has 0 saturated carbocycles. The molecule has 0 aliphatic carbocycles. The van der Waals surface area contributed by atoms with E-state index in [0.29, 0.717) is 16.1 Å². The zero-order valence-corrected chi connectivity index (χ0v) is 13.7. The second-order valence-corrected chi connectivity index (χ2v) is 5.47. The number of halogens is 2. The lowest BCUT2D eigenvalue weighted by Gasteiger charge is -2.10. The molecule has 0 bridgehead atoms. The van der Waals surface area contributed by atoms with Crippen LogP contribution in [-0.4, -0.2) is 11.5 Å². The van der Waals surface area contributed by atoms with Crippen molar-refractivity contribution in [1.82, 2.24) is 10.3 Å². The van der Waals surface area contributed by atoms with E-state index in [1.807, 2.05) is 6.07 Å². The van der Waals surface area contributed by atoms with E-state index in [1.54, 1.807) is 12.1 Å². The molecule has 2 rings (SSSR count). The molecule has 0 unspecified atom stereocenters. The van der Waals surface area contributed by atoms with Gasteiger partial charge in [0, 0.05) is 18.3 Å². The highest BCUT2D eigenvalue weighted by molar-refractivity contribution is 9.10. The Balaban J connectivity index is 2.23. The van der Waals surface area contributed by atoms with E-state index >= 15 is 0 Å². The van der Waals surface area contributed by atoms with Crippen LogP contribution in [0.25, 0.3) is 0 Å². The first kappa shape index (κ1) is 15.9. The Labute approximate surface area is 132 Å². The lowest BCUT2D eigenvalue weighted by molar-refractivity contribution is 0.457. The number of nitrogens with zero attached hydrogens (tertiary/aromatic N) is 1. The quantitative estimate of drug-likeness (QED) is 0.833. The largest absolute Gasteiger partial charge is 0.439 e. The van der Waals surface area contributed by atoms with Gasteiger partial charge in [-0.05, 0) is 58.7 Å². The van der Waals surface area contributed by atoms with Crippen molar-refractivity contribution in [2.45, 2.75) is 26.8 Å². The number of pyridine rings is 1. The Hall–Kier alpha value is -1.46. The first-order valence-electron chi connectivity index (χ1n) is 6.95. The molecule has 0 fully saturated rings. The zero-order valence-electron chi connectivity index (χ0n) is 12.1. The zero-order chi connectivity index (χ0) is 15.2. The summed E-state index contributed by atoms with van der Waals surface area (Å²) in [5.74, 6) is 0.768. The predicted octanol–water partition coefficient (Wildman–Crippen LogP) is 4.45. The summed E-state index contributed by atoms with van der Waals surface area (Å²) in [5.41, 5.74) is 2.10. The Bertz CT molecular complexity index is 619. The van der Waals surface area contributed by atoms with E-state index in [-0.39, 0.29) is 5.82 Å². The number of hydrogen-bond acceptors (Lipinski definition) is 3. The molecule has 0 atom stereocenters. The third kappa shape index (κ3) is 4.51. The summed E-state index contributed by atoms with van der Waals surface area (Å²) in [6.45, 7) is 5.80. The molecule has 21 heavy (non-hydrogen) atoms. The highest BCUT2D eigenvalue weighted by atomic mass is 79.9. The molecule has 0 radical (unpaired) electrons. The predicted molar refractivity (Wildman–Crippen MR) is 85.2 cm³/mol. The van der Waals surface area contributed by atoms with E-state index in [4.69, 9.17) is 4.74 Å². The fraction of sp³-hybridized carbons (Fsp3) is 0.312. The van der Waals surface area contributed by atoms with Crippen LogP contribution in [0.3, 0.4) is 0 Å². The van der Waals surface area contributed by atoms with Crippen LogP contribution in [0.2, 0.25) is 0 Å². The first-order valence-corrected chi connectivity index (χ1v) is 7.75. The van der Waals surface area contributed by atoms with E-state index < -0.39 is 0 Å². The summed E-state index contributed by atoms with van der Waals surface area (Å²) >= 11 is 3.15. The van der Waals surface area contributed by atoms with Gasteiger partial charge < -0.3 is 10.1 Å². The van der Waals surface area contributed by atoms with E-state index in [9.17, 15) is 4.39 Å².